The fraction of sp³-hybridized carbons (Fsp3) is 0.273. The van der Waals surface area contributed by atoms with Crippen molar-refractivity contribution in [1.82, 2.24) is 4.90 Å². The van der Waals surface area contributed by atoms with Crippen LogP contribution in [0.1, 0.15) is 24.1 Å². The molecule has 0 N–H and O–H groups in total. The van der Waals surface area contributed by atoms with E-state index >= 15 is 0 Å². The second-order valence-corrected chi connectivity index (χ2v) is 7.19. The van der Waals surface area contributed by atoms with E-state index in [4.69, 9.17) is 0 Å². The Hall–Kier alpha value is -3.09. The molecule has 0 aromatic heterocycles. The number of alkyl halides is 3. The molecule has 0 aliphatic carbocycles. The van der Waals surface area contributed by atoms with E-state index in [-0.39, 0.29) is 5.91 Å². The molecule has 0 saturated heterocycles. The first kappa shape index (κ1) is 19.2. The molecule has 1 amide bonds. The maximum absolute atomic E-state index is 13.5. The molecule has 1 atom stereocenters. The van der Waals surface area contributed by atoms with E-state index in [0.717, 1.165) is 12.1 Å². The molecule has 7 heteroatoms. The molecule has 4 nitrogen and oxygen atoms in total. The van der Waals surface area contributed by atoms with Crippen molar-refractivity contribution in [1.29, 1.82) is 0 Å². The van der Waals surface area contributed by atoms with Crippen LogP contribution in [0.4, 0.5) is 18.9 Å². The molecule has 0 saturated carbocycles. The Bertz CT molecular complexity index is 1010. The van der Waals surface area contributed by atoms with E-state index < -0.39 is 17.8 Å². The molecule has 29 heavy (non-hydrogen) atoms. The highest BCUT2D eigenvalue weighted by Gasteiger charge is 2.44. The maximum Gasteiger partial charge on any atom is 0.416 e. The molecular formula is C22H20F3N3O. The van der Waals surface area contributed by atoms with Crippen LogP contribution in [0.5, 0.6) is 0 Å². The summed E-state index contributed by atoms with van der Waals surface area (Å²) in [6, 6.07) is 13.5. The molecule has 2 aliphatic rings. The zero-order valence-electron chi connectivity index (χ0n) is 16.1. The number of likely N-dealkylation sites (N-methyl/N-ethyl adjacent to an activating group) is 1. The van der Waals surface area contributed by atoms with Gasteiger partial charge in [0, 0.05) is 30.6 Å². The van der Waals surface area contributed by atoms with Crippen molar-refractivity contribution in [2.75, 3.05) is 25.0 Å². The van der Waals surface area contributed by atoms with Crippen LogP contribution in [0.15, 0.2) is 70.9 Å². The summed E-state index contributed by atoms with van der Waals surface area (Å²) in [6.07, 6.45) is -4.46. The lowest BCUT2D eigenvalue weighted by molar-refractivity contribution is -0.137. The van der Waals surface area contributed by atoms with Gasteiger partial charge < -0.3 is 4.90 Å². The van der Waals surface area contributed by atoms with E-state index in [1.807, 2.05) is 24.9 Å². The second-order valence-electron chi connectivity index (χ2n) is 7.19. The Morgan fingerprint density at radius 3 is 2.48 bits per heavy atom. The molecule has 0 fully saturated rings. The summed E-state index contributed by atoms with van der Waals surface area (Å²) in [5.41, 5.74) is 2.15. The van der Waals surface area contributed by atoms with Crippen LogP contribution in [0.25, 0.3) is 0 Å². The van der Waals surface area contributed by atoms with Crippen LogP contribution < -0.4 is 4.90 Å². The number of anilines is 1. The quantitative estimate of drug-likeness (QED) is 0.748. The molecular weight excluding hydrogens is 379 g/mol. The number of rotatable bonds is 2. The lowest BCUT2D eigenvalue weighted by atomic mass is 9.94. The largest absolute Gasteiger partial charge is 0.416 e. The van der Waals surface area contributed by atoms with Crippen LogP contribution in [0, 0.1) is 0 Å². The number of hydrogen-bond donors (Lipinski definition) is 0. The van der Waals surface area contributed by atoms with Crippen LogP contribution in [0.2, 0.25) is 0 Å². The summed E-state index contributed by atoms with van der Waals surface area (Å²) in [4.78, 5) is 21.4. The Labute approximate surface area is 167 Å². The molecule has 0 spiro atoms. The Balaban J connectivity index is 1.94. The maximum atomic E-state index is 13.5. The molecule has 150 valence electrons. The van der Waals surface area contributed by atoms with Gasteiger partial charge in [0.15, 0.2) is 0 Å². The lowest BCUT2D eigenvalue weighted by Crippen LogP contribution is -2.34. The van der Waals surface area contributed by atoms with Gasteiger partial charge in [0.05, 0.1) is 18.2 Å². The average Bonchev–Trinajstić information content (AvgIpc) is 2.92. The monoisotopic (exact) mass is 399 g/mol. The van der Waals surface area contributed by atoms with E-state index in [9.17, 15) is 18.0 Å². The number of carbonyl (C=O) groups is 1. The van der Waals surface area contributed by atoms with Gasteiger partial charge in [-0.3, -0.25) is 14.7 Å². The summed E-state index contributed by atoms with van der Waals surface area (Å²) >= 11 is 0. The highest BCUT2D eigenvalue weighted by Crippen LogP contribution is 2.44. The zero-order chi connectivity index (χ0) is 20.8. The molecule has 0 bridgehead atoms. The molecule has 0 radical (unpaired) electrons. The van der Waals surface area contributed by atoms with Gasteiger partial charge in [-0.2, -0.15) is 13.2 Å². The molecule has 4 rings (SSSR count). The minimum Gasteiger partial charge on any atom is -0.368 e. The number of hydrogen-bond acceptors (Lipinski definition) is 3. The van der Waals surface area contributed by atoms with Crippen LogP contribution in [0.3, 0.4) is 0 Å². The van der Waals surface area contributed by atoms with E-state index in [0.29, 0.717) is 41.3 Å². The predicted octanol–water partition coefficient (Wildman–Crippen LogP) is 4.45. The molecule has 1 unspecified atom stereocenters. The van der Waals surface area contributed by atoms with Gasteiger partial charge >= 0.3 is 6.18 Å². The third-order valence-corrected chi connectivity index (χ3v) is 5.33. The normalized spacial score (nSPS) is 20.0. The van der Waals surface area contributed by atoms with E-state index in [1.54, 1.807) is 35.2 Å². The minimum atomic E-state index is -4.46. The molecule has 2 heterocycles. The average molecular weight is 399 g/mol. The smallest absolute Gasteiger partial charge is 0.368 e. The van der Waals surface area contributed by atoms with Gasteiger partial charge in [-0.05, 0) is 36.8 Å². The van der Waals surface area contributed by atoms with Crippen molar-refractivity contribution in [3.05, 3.63) is 77.0 Å². The first-order valence-corrected chi connectivity index (χ1v) is 9.31. The van der Waals surface area contributed by atoms with Crippen molar-refractivity contribution >= 4 is 17.3 Å². The number of carbonyl (C=O) groups excluding carboxylic acids is 1. The first-order valence-electron chi connectivity index (χ1n) is 9.31. The predicted molar refractivity (Wildman–Crippen MR) is 106 cm³/mol. The highest BCUT2D eigenvalue weighted by molar-refractivity contribution is 6.18. The number of nitrogens with zero attached hydrogens (tertiary/aromatic N) is 3. The lowest BCUT2D eigenvalue weighted by Gasteiger charge is -2.28. The minimum absolute atomic E-state index is 0.229. The van der Waals surface area contributed by atoms with E-state index in [2.05, 4.69) is 4.99 Å². The second kappa shape index (κ2) is 7.06. The van der Waals surface area contributed by atoms with Crippen LogP contribution in [-0.4, -0.2) is 36.7 Å². The summed E-state index contributed by atoms with van der Waals surface area (Å²) in [5.74, 6) is -0.229. The molecule has 2 aromatic rings. The van der Waals surface area contributed by atoms with Crippen molar-refractivity contribution in [3.8, 4) is 0 Å². The number of benzene rings is 2. The highest BCUT2D eigenvalue weighted by atomic mass is 19.4. The van der Waals surface area contributed by atoms with Crippen molar-refractivity contribution in [2.45, 2.75) is 19.1 Å². The van der Waals surface area contributed by atoms with Crippen molar-refractivity contribution < 1.29 is 18.0 Å². The summed E-state index contributed by atoms with van der Waals surface area (Å²) < 4.78 is 40.1. The Morgan fingerprint density at radius 1 is 1.07 bits per heavy atom. The summed E-state index contributed by atoms with van der Waals surface area (Å²) in [7, 11) is 1.82. The van der Waals surface area contributed by atoms with Gasteiger partial charge in [-0.1, -0.05) is 30.3 Å². The standard InChI is InChI=1S/C22H20F3N3O/c1-14-18-19(15-7-6-8-16(13-15)22(23,24)25)28(17-9-4-3-5-10-17)21(29)20(18)27(2)12-11-26-14/h3-10,13,19H,11-12H2,1-2H3. The SMILES string of the molecule is CC1=NCCN(C)C2=C1C(c1cccc(C(F)(F)F)c1)N(c1ccccc1)C2=O. The summed E-state index contributed by atoms with van der Waals surface area (Å²) in [5, 5.41) is 0. The number of aliphatic imine (C=N–C) groups is 1. The Kier molecular flexibility index (Phi) is 4.68. The van der Waals surface area contributed by atoms with E-state index in [1.165, 1.54) is 6.07 Å². The van der Waals surface area contributed by atoms with Gasteiger partial charge in [0.25, 0.3) is 5.91 Å². The third kappa shape index (κ3) is 3.30. The fourth-order valence-corrected chi connectivity index (χ4v) is 3.96. The van der Waals surface area contributed by atoms with Gasteiger partial charge in [-0.15, -0.1) is 0 Å². The topological polar surface area (TPSA) is 35.9 Å². The van der Waals surface area contributed by atoms with Crippen molar-refractivity contribution in [2.24, 2.45) is 4.99 Å². The summed E-state index contributed by atoms with van der Waals surface area (Å²) in [6.45, 7) is 2.92. The zero-order valence-corrected chi connectivity index (χ0v) is 16.1. The van der Waals surface area contributed by atoms with Gasteiger partial charge in [0.2, 0.25) is 0 Å². The molecule has 2 aliphatic heterocycles. The third-order valence-electron chi connectivity index (χ3n) is 5.33. The van der Waals surface area contributed by atoms with Crippen LogP contribution in [-0.2, 0) is 11.0 Å². The van der Waals surface area contributed by atoms with Gasteiger partial charge in [-0.25, -0.2) is 0 Å². The van der Waals surface area contributed by atoms with Gasteiger partial charge in [0.1, 0.15) is 5.70 Å². The first-order chi connectivity index (χ1) is 13.8. The number of halogens is 3. The van der Waals surface area contributed by atoms with Crippen LogP contribution >= 0.6 is 0 Å². The number of para-hydroxylation sites is 1. The number of amides is 1. The Morgan fingerprint density at radius 2 is 1.79 bits per heavy atom. The molecule has 2 aromatic carbocycles. The fourth-order valence-electron chi connectivity index (χ4n) is 3.96. The van der Waals surface area contributed by atoms with Crippen molar-refractivity contribution in [3.63, 3.8) is 0 Å².